The van der Waals surface area contributed by atoms with Gasteiger partial charge in [0.25, 0.3) is 11.6 Å². The minimum atomic E-state index is 0.000714. The van der Waals surface area contributed by atoms with Crippen LogP contribution in [0, 0.1) is 0 Å². The lowest BCUT2D eigenvalue weighted by Gasteiger charge is -2.24. The number of aryl methyl sites for hydroxylation is 1. The summed E-state index contributed by atoms with van der Waals surface area (Å²) in [5.74, 6) is 1.60. The predicted molar refractivity (Wildman–Crippen MR) is 138 cm³/mol. The number of anilines is 1. The summed E-state index contributed by atoms with van der Waals surface area (Å²) in [4.78, 5) is 27.0. The molecule has 2 aromatic carbocycles. The number of fused-ring (bicyclic) bond motifs is 1. The van der Waals surface area contributed by atoms with E-state index in [-0.39, 0.29) is 5.91 Å². The van der Waals surface area contributed by atoms with Crippen molar-refractivity contribution in [3.63, 3.8) is 0 Å². The molecule has 0 atom stereocenters. The summed E-state index contributed by atoms with van der Waals surface area (Å²) in [7, 11) is 0. The highest BCUT2D eigenvalue weighted by atomic mass is 35.5. The van der Waals surface area contributed by atoms with Crippen LogP contribution in [0.5, 0.6) is 0 Å². The van der Waals surface area contributed by atoms with E-state index in [1.807, 2.05) is 47.4 Å². The van der Waals surface area contributed by atoms with Gasteiger partial charge in [0.1, 0.15) is 22.7 Å². The number of hydrogen-bond donors (Lipinski definition) is 0. The maximum Gasteiger partial charge on any atom is 0.263 e. The first-order valence-electron chi connectivity index (χ1n) is 12.2. The van der Waals surface area contributed by atoms with Crippen LogP contribution in [0.15, 0.2) is 59.1 Å². The smallest absolute Gasteiger partial charge is 0.263 e. The van der Waals surface area contributed by atoms with Crippen LogP contribution in [0.4, 0.5) is 5.82 Å². The molecule has 180 valence electrons. The number of carbonyl (C=O) groups excluding carboxylic acids is 1. The van der Waals surface area contributed by atoms with E-state index in [1.54, 1.807) is 12.1 Å². The third kappa shape index (κ3) is 5.00. The molecule has 1 aliphatic rings. The third-order valence-corrected chi connectivity index (χ3v) is 6.55. The van der Waals surface area contributed by atoms with Crippen molar-refractivity contribution in [3.8, 4) is 11.3 Å². The molecule has 1 aliphatic heterocycles. The van der Waals surface area contributed by atoms with Gasteiger partial charge in [0, 0.05) is 48.7 Å². The summed E-state index contributed by atoms with van der Waals surface area (Å²) in [6.45, 7) is 4.85. The van der Waals surface area contributed by atoms with Crippen molar-refractivity contribution in [2.75, 3.05) is 31.1 Å². The zero-order valence-electron chi connectivity index (χ0n) is 19.8. The van der Waals surface area contributed by atoms with Gasteiger partial charge in [-0.2, -0.15) is 4.98 Å². The second kappa shape index (κ2) is 10.4. The molecule has 0 aliphatic carbocycles. The van der Waals surface area contributed by atoms with E-state index < -0.39 is 0 Å². The van der Waals surface area contributed by atoms with Crippen LogP contribution >= 0.6 is 11.6 Å². The Hall–Kier alpha value is -3.45. The van der Waals surface area contributed by atoms with Gasteiger partial charge in [0.2, 0.25) is 0 Å². The Morgan fingerprint density at radius 3 is 2.69 bits per heavy atom. The summed E-state index contributed by atoms with van der Waals surface area (Å²) >= 11 is 6.12. The van der Waals surface area contributed by atoms with Crippen molar-refractivity contribution in [3.05, 3.63) is 71.0 Å². The molecule has 0 saturated carbocycles. The number of carbonyl (C=O) groups is 1. The van der Waals surface area contributed by atoms with Crippen LogP contribution in [0.3, 0.4) is 0 Å². The molecule has 0 spiro atoms. The maximum absolute atomic E-state index is 13.1. The fourth-order valence-corrected chi connectivity index (χ4v) is 4.67. The third-order valence-electron chi connectivity index (χ3n) is 6.32. The zero-order valence-corrected chi connectivity index (χ0v) is 20.5. The van der Waals surface area contributed by atoms with Gasteiger partial charge in [-0.1, -0.05) is 66.5 Å². The Labute approximate surface area is 209 Å². The van der Waals surface area contributed by atoms with Crippen LogP contribution < -0.4 is 4.90 Å². The van der Waals surface area contributed by atoms with Gasteiger partial charge in [-0.3, -0.25) is 4.79 Å². The summed E-state index contributed by atoms with van der Waals surface area (Å²) in [6.07, 6.45) is 3.68. The summed E-state index contributed by atoms with van der Waals surface area (Å²) in [6, 6.07) is 17.1. The molecular formula is C27H28ClN5O2. The van der Waals surface area contributed by atoms with Crippen molar-refractivity contribution < 1.29 is 9.32 Å². The molecule has 4 aromatic rings. The zero-order chi connectivity index (χ0) is 24.2. The van der Waals surface area contributed by atoms with Crippen LogP contribution in [0.25, 0.3) is 22.4 Å². The topological polar surface area (TPSA) is 75.4 Å². The fraction of sp³-hybridized carbons (Fsp3) is 0.333. The Morgan fingerprint density at radius 1 is 1.03 bits per heavy atom. The average molecular weight is 490 g/mol. The molecule has 7 nitrogen and oxygen atoms in total. The van der Waals surface area contributed by atoms with E-state index in [0.29, 0.717) is 35.9 Å². The Bertz CT molecular complexity index is 1320. The normalized spacial score (nSPS) is 14.3. The standard InChI is InChI=1S/C27H28ClN5O2/c1-2-3-13-22-29-25(23-24(31-35-26(23)30-22)19-9-5-4-6-10-19)32-14-8-15-33(17-16-32)27(34)20-11-7-12-21(28)18-20/h4-7,9-12,18H,2-3,8,13-17H2,1H3. The maximum atomic E-state index is 13.1. The summed E-state index contributed by atoms with van der Waals surface area (Å²) in [5, 5.41) is 5.77. The lowest BCUT2D eigenvalue weighted by atomic mass is 10.1. The molecule has 3 heterocycles. The van der Waals surface area contributed by atoms with Crippen LogP contribution in [0.2, 0.25) is 5.02 Å². The highest BCUT2D eigenvalue weighted by molar-refractivity contribution is 6.30. The molecular weight excluding hydrogens is 462 g/mol. The first kappa shape index (κ1) is 23.3. The van der Waals surface area contributed by atoms with E-state index in [2.05, 4.69) is 22.0 Å². The van der Waals surface area contributed by atoms with E-state index in [4.69, 9.17) is 21.1 Å². The molecule has 8 heteroatoms. The molecule has 0 radical (unpaired) electrons. The molecule has 0 unspecified atom stereocenters. The van der Waals surface area contributed by atoms with Crippen LogP contribution in [0.1, 0.15) is 42.4 Å². The van der Waals surface area contributed by atoms with E-state index in [1.165, 1.54) is 0 Å². The van der Waals surface area contributed by atoms with Crippen LogP contribution in [-0.4, -0.2) is 52.1 Å². The molecule has 5 rings (SSSR count). The molecule has 0 bridgehead atoms. The van der Waals surface area contributed by atoms with Gasteiger partial charge >= 0.3 is 0 Å². The Morgan fingerprint density at radius 2 is 1.89 bits per heavy atom. The van der Waals surface area contributed by atoms with Gasteiger partial charge in [-0.05, 0) is 31.0 Å². The highest BCUT2D eigenvalue weighted by Gasteiger charge is 2.26. The Kier molecular flexibility index (Phi) is 6.95. The molecule has 35 heavy (non-hydrogen) atoms. The van der Waals surface area contributed by atoms with E-state index in [9.17, 15) is 4.79 Å². The minimum Gasteiger partial charge on any atom is -0.354 e. The number of nitrogens with zero attached hydrogens (tertiary/aromatic N) is 5. The van der Waals surface area contributed by atoms with Gasteiger partial charge < -0.3 is 14.3 Å². The largest absolute Gasteiger partial charge is 0.354 e. The lowest BCUT2D eigenvalue weighted by Crippen LogP contribution is -2.35. The SMILES string of the molecule is CCCCc1nc(N2CCCN(C(=O)c3cccc(Cl)c3)CC2)c2c(-c3ccccc3)noc2n1. The van der Waals surface area contributed by atoms with Crippen molar-refractivity contribution in [1.29, 1.82) is 0 Å². The van der Waals surface area contributed by atoms with Gasteiger partial charge in [-0.25, -0.2) is 4.98 Å². The van der Waals surface area contributed by atoms with Crippen molar-refractivity contribution in [2.24, 2.45) is 0 Å². The molecule has 1 fully saturated rings. The van der Waals surface area contributed by atoms with Gasteiger partial charge in [0.05, 0.1) is 0 Å². The lowest BCUT2D eigenvalue weighted by molar-refractivity contribution is 0.0767. The first-order valence-corrected chi connectivity index (χ1v) is 12.5. The molecule has 1 saturated heterocycles. The number of unbranched alkanes of at least 4 members (excludes halogenated alkanes) is 1. The predicted octanol–water partition coefficient (Wildman–Crippen LogP) is 5.63. The Balaban J connectivity index is 1.48. The number of aromatic nitrogens is 3. The number of amides is 1. The number of hydrogen-bond acceptors (Lipinski definition) is 6. The number of halogens is 1. The summed E-state index contributed by atoms with van der Waals surface area (Å²) in [5.41, 5.74) is 2.83. The fourth-order valence-electron chi connectivity index (χ4n) is 4.48. The van der Waals surface area contributed by atoms with Gasteiger partial charge in [-0.15, -0.1) is 0 Å². The second-order valence-corrected chi connectivity index (χ2v) is 9.22. The molecule has 0 N–H and O–H groups in total. The van der Waals surface area contributed by atoms with E-state index in [0.717, 1.165) is 60.5 Å². The second-order valence-electron chi connectivity index (χ2n) is 8.79. The average Bonchev–Trinajstić information content (AvgIpc) is 3.16. The minimum absolute atomic E-state index is 0.000714. The quantitative estimate of drug-likeness (QED) is 0.349. The monoisotopic (exact) mass is 489 g/mol. The summed E-state index contributed by atoms with van der Waals surface area (Å²) < 4.78 is 5.71. The van der Waals surface area contributed by atoms with Crippen molar-refractivity contribution >= 4 is 34.4 Å². The van der Waals surface area contributed by atoms with Crippen molar-refractivity contribution in [1.82, 2.24) is 20.0 Å². The van der Waals surface area contributed by atoms with Crippen LogP contribution in [-0.2, 0) is 6.42 Å². The number of benzene rings is 2. The highest BCUT2D eigenvalue weighted by Crippen LogP contribution is 2.34. The van der Waals surface area contributed by atoms with Crippen molar-refractivity contribution in [2.45, 2.75) is 32.6 Å². The molecule has 1 amide bonds. The first-order chi connectivity index (χ1) is 17.1. The molecule has 2 aromatic heterocycles. The van der Waals surface area contributed by atoms with E-state index >= 15 is 0 Å². The van der Waals surface area contributed by atoms with Gasteiger partial charge in [0.15, 0.2) is 0 Å². The number of rotatable bonds is 6.